The molecule has 2 aliphatic heterocycles. The summed E-state index contributed by atoms with van der Waals surface area (Å²) in [5, 5.41) is 3.42. The molecule has 4 heteroatoms. The quantitative estimate of drug-likeness (QED) is 0.857. The zero-order chi connectivity index (χ0) is 13.9. The zero-order valence-electron chi connectivity index (χ0n) is 12.4. The predicted molar refractivity (Wildman–Crippen MR) is 81.4 cm³/mol. The van der Waals surface area contributed by atoms with E-state index in [1.807, 2.05) is 0 Å². The molecule has 1 aromatic carbocycles. The molecule has 1 fully saturated rings. The maximum absolute atomic E-state index is 5.39. The van der Waals surface area contributed by atoms with E-state index in [9.17, 15) is 0 Å². The molecular formula is C16H24N2O2. The summed E-state index contributed by atoms with van der Waals surface area (Å²) in [7, 11) is 3.46. The molecule has 1 N–H and O–H groups in total. The lowest BCUT2D eigenvalue weighted by Crippen LogP contribution is -2.39. The molecule has 110 valence electrons. The molecular weight excluding hydrogens is 252 g/mol. The molecule has 0 radical (unpaired) electrons. The van der Waals surface area contributed by atoms with Crippen molar-refractivity contribution in [1.29, 1.82) is 0 Å². The van der Waals surface area contributed by atoms with E-state index in [0.29, 0.717) is 5.92 Å². The summed E-state index contributed by atoms with van der Waals surface area (Å²) in [6.45, 7) is 3.24. The average Bonchev–Trinajstić information content (AvgIpc) is 2.96. The van der Waals surface area contributed by atoms with Gasteiger partial charge in [0.1, 0.15) is 0 Å². The van der Waals surface area contributed by atoms with Crippen LogP contribution in [-0.4, -0.2) is 40.1 Å². The van der Waals surface area contributed by atoms with Crippen LogP contribution in [0.5, 0.6) is 0 Å². The van der Waals surface area contributed by atoms with Gasteiger partial charge in [0.25, 0.3) is 0 Å². The Hall–Kier alpha value is -1.26. The molecule has 0 aromatic heterocycles. The van der Waals surface area contributed by atoms with Crippen LogP contribution in [-0.2, 0) is 15.9 Å². The lowest BCUT2D eigenvalue weighted by Gasteiger charge is -2.36. The summed E-state index contributed by atoms with van der Waals surface area (Å²) in [5.74, 6) is 0.511. The third-order valence-electron chi connectivity index (χ3n) is 4.55. The first kappa shape index (κ1) is 13.7. The molecule has 20 heavy (non-hydrogen) atoms. The van der Waals surface area contributed by atoms with E-state index >= 15 is 0 Å². The molecule has 0 spiro atoms. The van der Waals surface area contributed by atoms with Crippen molar-refractivity contribution in [3.05, 3.63) is 23.8 Å². The Bertz CT molecular complexity index is 452. The number of anilines is 2. The van der Waals surface area contributed by atoms with Gasteiger partial charge in [0, 0.05) is 51.1 Å². The van der Waals surface area contributed by atoms with Crippen molar-refractivity contribution in [2.45, 2.75) is 25.6 Å². The molecule has 0 unspecified atom stereocenters. The number of ether oxygens (including phenoxy) is 2. The summed E-state index contributed by atoms with van der Waals surface area (Å²) >= 11 is 0. The Morgan fingerprint density at radius 3 is 2.65 bits per heavy atom. The van der Waals surface area contributed by atoms with E-state index in [0.717, 1.165) is 38.9 Å². The summed E-state index contributed by atoms with van der Waals surface area (Å²) in [6, 6.07) is 6.80. The van der Waals surface area contributed by atoms with Crippen LogP contribution in [0, 0.1) is 5.92 Å². The van der Waals surface area contributed by atoms with Gasteiger partial charge in [-0.2, -0.15) is 0 Å². The molecule has 4 nitrogen and oxygen atoms in total. The first-order chi connectivity index (χ1) is 9.81. The van der Waals surface area contributed by atoms with Crippen LogP contribution in [0.15, 0.2) is 18.2 Å². The number of rotatable bonds is 4. The molecule has 2 aliphatic rings. The average molecular weight is 276 g/mol. The van der Waals surface area contributed by atoms with E-state index in [4.69, 9.17) is 9.47 Å². The minimum atomic E-state index is -0.0543. The zero-order valence-corrected chi connectivity index (χ0v) is 12.4. The molecule has 0 amide bonds. The van der Waals surface area contributed by atoms with Gasteiger partial charge < -0.3 is 19.7 Å². The first-order valence-corrected chi connectivity index (χ1v) is 7.49. The van der Waals surface area contributed by atoms with Crippen LogP contribution in [0.2, 0.25) is 0 Å². The highest BCUT2D eigenvalue weighted by Crippen LogP contribution is 2.31. The van der Waals surface area contributed by atoms with E-state index in [1.54, 1.807) is 14.2 Å². The first-order valence-electron chi connectivity index (χ1n) is 7.49. The number of piperidine rings is 1. The van der Waals surface area contributed by atoms with Crippen LogP contribution in [0.3, 0.4) is 0 Å². The maximum atomic E-state index is 5.39. The van der Waals surface area contributed by atoms with Crippen molar-refractivity contribution >= 4 is 11.4 Å². The largest absolute Gasteiger partial charge is 0.384 e. The van der Waals surface area contributed by atoms with Gasteiger partial charge in [-0.25, -0.2) is 0 Å². The Labute approximate surface area is 121 Å². The normalized spacial score (nSPS) is 19.2. The Kier molecular flexibility index (Phi) is 4.13. The van der Waals surface area contributed by atoms with Crippen LogP contribution in [0.4, 0.5) is 11.4 Å². The summed E-state index contributed by atoms with van der Waals surface area (Å²) in [6.07, 6.45) is 3.35. The number of hydrogen-bond donors (Lipinski definition) is 1. The minimum Gasteiger partial charge on any atom is -0.384 e. The van der Waals surface area contributed by atoms with Gasteiger partial charge in [0.2, 0.25) is 0 Å². The highest BCUT2D eigenvalue weighted by Gasteiger charge is 2.27. The van der Waals surface area contributed by atoms with Crippen molar-refractivity contribution in [3.8, 4) is 0 Å². The number of nitrogens with zero attached hydrogens (tertiary/aromatic N) is 1. The van der Waals surface area contributed by atoms with Gasteiger partial charge >= 0.3 is 0 Å². The van der Waals surface area contributed by atoms with Crippen molar-refractivity contribution in [2.24, 2.45) is 5.92 Å². The number of methoxy groups -OCH3 is 2. The minimum absolute atomic E-state index is 0.0543. The van der Waals surface area contributed by atoms with Gasteiger partial charge in [0.05, 0.1) is 0 Å². The maximum Gasteiger partial charge on any atom is 0.159 e. The van der Waals surface area contributed by atoms with E-state index < -0.39 is 0 Å². The number of hydrogen-bond acceptors (Lipinski definition) is 4. The van der Waals surface area contributed by atoms with Gasteiger partial charge in [0.15, 0.2) is 6.29 Å². The second kappa shape index (κ2) is 6.02. The standard InChI is InChI=1S/C16H24N2O2/c1-19-16(20-2)12-6-9-18(10-7-12)14-3-4-15-13(11-14)5-8-17-15/h3-4,11-12,16-17H,5-10H2,1-2H3. The molecule has 1 aromatic rings. The Morgan fingerprint density at radius 1 is 1.20 bits per heavy atom. The molecule has 0 saturated carbocycles. The fourth-order valence-corrected chi connectivity index (χ4v) is 3.40. The Morgan fingerprint density at radius 2 is 1.95 bits per heavy atom. The topological polar surface area (TPSA) is 33.7 Å². The van der Waals surface area contributed by atoms with Gasteiger partial charge in [-0.3, -0.25) is 0 Å². The van der Waals surface area contributed by atoms with Crippen LogP contribution in [0.1, 0.15) is 18.4 Å². The second-order valence-corrected chi connectivity index (χ2v) is 5.68. The van der Waals surface area contributed by atoms with Crippen molar-refractivity contribution < 1.29 is 9.47 Å². The van der Waals surface area contributed by atoms with E-state index in [-0.39, 0.29) is 6.29 Å². The van der Waals surface area contributed by atoms with Crippen LogP contribution in [0.25, 0.3) is 0 Å². The summed E-state index contributed by atoms with van der Waals surface area (Å²) in [5.41, 5.74) is 4.12. The molecule has 3 rings (SSSR count). The Balaban J connectivity index is 1.63. The highest BCUT2D eigenvalue weighted by atomic mass is 16.7. The lowest BCUT2D eigenvalue weighted by molar-refractivity contribution is -0.141. The summed E-state index contributed by atoms with van der Waals surface area (Å²) in [4.78, 5) is 2.48. The fraction of sp³-hybridized carbons (Fsp3) is 0.625. The lowest BCUT2D eigenvalue weighted by atomic mass is 9.95. The highest BCUT2D eigenvalue weighted by molar-refractivity contribution is 5.63. The number of fused-ring (bicyclic) bond motifs is 1. The summed E-state index contributed by atoms with van der Waals surface area (Å²) < 4.78 is 10.8. The third kappa shape index (κ3) is 2.63. The van der Waals surface area contributed by atoms with E-state index in [2.05, 4.69) is 28.4 Å². The third-order valence-corrected chi connectivity index (χ3v) is 4.55. The van der Waals surface area contributed by atoms with Gasteiger partial charge in [-0.15, -0.1) is 0 Å². The molecule has 1 saturated heterocycles. The second-order valence-electron chi connectivity index (χ2n) is 5.68. The molecule has 2 heterocycles. The number of benzene rings is 1. The van der Waals surface area contributed by atoms with Crippen molar-refractivity contribution in [1.82, 2.24) is 0 Å². The van der Waals surface area contributed by atoms with Crippen LogP contribution >= 0.6 is 0 Å². The van der Waals surface area contributed by atoms with Gasteiger partial charge in [-0.1, -0.05) is 0 Å². The predicted octanol–water partition coefficient (Wildman–Crippen LogP) is 2.49. The van der Waals surface area contributed by atoms with Crippen molar-refractivity contribution in [3.63, 3.8) is 0 Å². The molecule has 0 aliphatic carbocycles. The van der Waals surface area contributed by atoms with Crippen molar-refractivity contribution in [2.75, 3.05) is 44.1 Å². The fourth-order valence-electron chi connectivity index (χ4n) is 3.40. The van der Waals surface area contributed by atoms with Crippen LogP contribution < -0.4 is 10.2 Å². The van der Waals surface area contributed by atoms with Gasteiger partial charge in [-0.05, 0) is 43.0 Å². The molecule has 0 atom stereocenters. The SMILES string of the molecule is COC(OC)C1CCN(c2ccc3c(c2)CCN3)CC1. The smallest absolute Gasteiger partial charge is 0.159 e. The van der Waals surface area contributed by atoms with E-state index in [1.165, 1.54) is 16.9 Å². The monoisotopic (exact) mass is 276 g/mol. The molecule has 0 bridgehead atoms. The number of nitrogens with one attached hydrogen (secondary N) is 1.